The minimum Gasteiger partial charge on any atom is -0.336 e. The van der Waals surface area contributed by atoms with E-state index in [9.17, 15) is 4.79 Å². The number of H-pyrrole nitrogens is 1. The van der Waals surface area contributed by atoms with Crippen LogP contribution in [-0.2, 0) is 6.54 Å². The first kappa shape index (κ1) is 13.6. The Kier molecular flexibility index (Phi) is 3.54. The molecule has 0 saturated heterocycles. The van der Waals surface area contributed by atoms with E-state index in [4.69, 9.17) is 11.6 Å². The summed E-state index contributed by atoms with van der Waals surface area (Å²) in [5.74, 6) is 1.66. The fourth-order valence-corrected chi connectivity index (χ4v) is 3.12. The molecule has 108 valence electrons. The number of rotatable bonds is 3. The number of fused-ring (bicyclic) bond motifs is 1. The van der Waals surface area contributed by atoms with Crippen LogP contribution in [0, 0.1) is 5.92 Å². The zero-order valence-corrected chi connectivity index (χ0v) is 12.6. The molecule has 0 radical (unpaired) electrons. The van der Waals surface area contributed by atoms with Gasteiger partial charge < -0.3 is 4.98 Å². The van der Waals surface area contributed by atoms with Gasteiger partial charge in [0.1, 0.15) is 5.82 Å². The molecule has 5 nitrogen and oxygen atoms in total. The molecular formula is C14H19ClN4O. The molecule has 0 atom stereocenters. The fourth-order valence-electron chi connectivity index (χ4n) is 2.89. The standard InChI is InChI=1S/C14H19ClN4O/c1-8(2)7-19-13(20)10-12(18-14(19)15)17-11(16-10)9-5-3-4-6-9/h8-9H,3-7H2,1-2H3,(H,16,17). The average molecular weight is 295 g/mol. The maximum absolute atomic E-state index is 12.5. The van der Waals surface area contributed by atoms with E-state index in [1.807, 2.05) is 13.8 Å². The van der Waals surface area contributed by atoms with Crippen molar-refractivity contribution in [2.24, 2.45) is 5.92 Å². The lowest BCUT2D eigenvalue weighted by atomic mass is 10.1. The highest BCUT2D eigenvalue weighted by molar-refractivity contribution is 6.28. The van der Waals surface area contributed by atoms with Gasteiger partial charge in [-0.25, -0.2) is 4.98 Å². The summed E-state index contributed by atoms with van der Waals surface area (Å²) < 4.78 is 1.52. The zero-order valence-electron chi connectivity index (χ0n) is 11.8. The summed E-state index contributed by atoms with van der Waals surface area (Å²) in [7, 11) is 0. The number of aromatic amines is 1. The lowest BCUT2D eigenvalue weighted by molar-refractivity contribution is 0.508. The van der Waals surface area contributed by atoms with Crippen LogP contribution in [0.5, 0.6) is 0 Å². The van der Waals surface area contributed by atoms with Crippen LogP contribution in [0.2, 0.25) is 5.28 Å². The number of imidazole rings is 1. The largest absolute Gasteiger partial charge is 0.336 e. The second-order valence-corrected chi connectivity index (χ2v) is 6.33. The Morgan fingerprint density at radius 3 is 2.70 bits per heavy atom. The molecule has 1 fully saturated rings. The van der Waals surface area contributed by atoms with E-state index in [-0.39, 0.29) is 10.8 Å². The number of aromatic nitrogens is 4. The molecule has 0 unspecified atom stereocenters. The Bertz CT molecular complexity index is 682. The van der Waals surface area contributed by atoms with E-state index in [2.05, 4.69) is 15.0 Å². The second kappa shape index (κ2) is 5.20. The second-order valence-electron chi connectivity index (χ2n) is 5.99. The summed E-state index contributed by atoms with van der Waals surface area (Å²) in [6.45, 7) is 4.66. The van der Waals surface area contributed by atoms with Crippen molar-refractivity contribution in [1.82, 2.24) is 19.5 Å². The van der Waals surface area contributed by atoms with E-state index in [1.165, 1.54) is 17.4 Å². The molecule has 2 aromatic rings. The van der Waals surface area contributed by atoms with E-state index < -0.39 is 0 Å². The summed E-state index contributed by atoms with van der Waals surface area (Å²) >= 11 is 6.12. The van der Waals surface area contributed by atoms with Crippen LogP contribution in [0.3, 0.4) is 0 Å². The SMILES string of the molecule is CC(C)Cn1c(Cl)nc2nc(C3CCCC3)[nH]c2c1=O. The van der Waals surface area contributed by atoms with Gasteiger partial charge >= 0.3 is 0 Å². The first-order chi connectivity index (χ1) is 9.56. The van der Waals surface area contributed by atoms with Crippen molar-refractivity contribution in [3.63, 3.8) is 0 Å². The van der Waals surface area contributed by atoms with Crippen LogP contribution in [0.15, 0.2) is 4.79 Å². The van der Waals surface area contributed by atoms with Crippen molar-refractivity contribution < 1.29 is 0 Å². The molecule has 20 heavy (non-hydrogen) atoms. The molecule has 0 aliphatic heterocycles. The molecule has 1 N–H and O–H groups in total. The highest BCUT2D eigenvalue weighted by Crippen LogP contribution is 2.32. The molecule has 2 heterocycles. The molecule has 1 aliphatic carbocycles. The van der Waals surface area contributed by atoms with Crippen molar-refractivity contribution in [3.05, 3.63) is 21.5 Å². The Labute approximate surface area is 122 Å². The van der Waals surface area contributed by atoms with Gasteiger partial charge in [-0.2, -0.15) is 4.98 Å². The van der Waals surface area contributed by atoms with Crippen molar-refractivity contribution in [3.8, 4) is 0 Å². The zero-order chi connectivity index (χ0) is 14.3. The third-order valence-corrected chi connectivity index (χ3v) is 4.16. The van der Waals surface area contributed by atoms with E-state index >= 15 is 0 Å². The summed E-state index contributed by atoms with van der Waals surface area (Å²) in [4.78, 5) is 24.4. The Hall–Kier alpha value is -1.36. The third kappa shape index (κ3) is 2.35. The van der Waals surface area contributed by atoms with Gasteiger partial charge in [-0.15, -0.1) is 0 Å². The van der Waals surface area contributed by atoms with Gasteiger partial charge in [-0.3, -0.25) is 9.36 Å². The summed E-state index contributed by atoms with van der Waals surface area (Å²) in [5.41, 5.74) is 0.810. The number of halogens is 1. The highest BCUT2D eigenvalue weighted by Gasteiger charge is 2.22. The van der Waals surface area contributed by atoms with Gasteiger partial charge in [0.2, 0.25) is 5.28 Å². The van der Waals surface area contributed by atoms with Gasteiger partial charge in [-0.05, 0) is 30.4 Å². The molecular weight excluding hydrogens is 276 g/mol. The fraction of sp³-hybridized carbons (Fsp3) is 0.643. The predicted molar refractivity (Wildman–Crippen MR) is 79.2 cm³/mol. The van der Waals surface area contributed by atoms with Crippen LogP contribution < -0.4 is 5.56 Å². The predicted octanol–water partition coefficient (Wildman–Crippen LogP) is 3.09. The van der Waals surface area contributed by atoms with Gasteiger partial charge in [0.05, 0.1) is 0 Å². The van der Waals surface area contributed by atoms with Crippen molar-refractivity contribution in [2.45, 2.75) is 52.0 Å². The third-order valence-electron chi connectivity index (χ3n) is 3.87. The maximum Gasteiger partial charge on any atom is 0.280 e. The smallest absolute Gasteiger partial charge is 0.280 e. The Morgan fingerprint density at radius 2 is 2.05 bits per heavy atom. The topological polar surface area (TPSA) is 63.6 Å². The van der Waals surface area contributed by atoms with Gasteiger partial charge in [0.25, 0.3) is 5.56 Å². The average Bonchev–Trinajstić information content (AvgIpc) is 3.01. The van der Waals surface area contributed by atoms with Crippen LogP contribution in [0.1, 0.15) is 51.3 Å². The molecule has 0 aromatic carbocycles. The number of hydrogen-bond donors (Lipinski definition) is 1. The minimum absolute atomic E-state index is 0.120. The van der Waals surface area contributed by atoms with Crippen LogP contribution in [0.4, 0.5) is 0 Å². The van der Waals surface area contributed by atoms with E-state index in [1.54, 1.807) is 0 Å². The molecule has 3 rings (SSSR count). The molecule has 0 spiro atoms. The molecule has 0 amide bonds. The number of nitrogens with zero attached hydrogens (tertiary/aromatic N) is 3. The molecule has 2 aromatic heterocycles. The van der Waals surface area contributed by atoms with E-state index in [0.717, 1.165) is 18.7 Å². The van der Waals surface area contributed by atoms with E-state index in [0.29, 0.717) is 29.5 Å². The van der Waals surface area contributed by atoms with Crippen molar-refractivity contribution in [2.75, 3.05) is 0 Å². The highest BCUT2D eigenvalue weighted by atomic mass is 35.5. The van der Waals surface area contributed by atoms with Crippen molar-refractivity contribution >= 4 is 22.8 Å². The lowest BCUT2D eigenvalue weighted by Gasteiger charge is -2.09. The first-order valence-electron chi connectivity index (χ1n) is 7.22. The van der Waals surface area contributed by atoms with Gasteiger partial charge in [-0.1, -0.05) is 26.7 Å². The number of nitrogens with one attached hydrogen (secondary N) is 1. The summed E-state index contributed by atoms with van der Waals surface area (Å²) in [5, 5.41) is 0.223. The Morgan fingerprint density at radius 1 is 1.35 bits per heavy atom. The minimum atomic E-state index is -0.120. The molecule has 0 bridgehead atoms. The summed E-state index contributed by atoms with van der Waals surface area (Å²) in [6, 6.07) is 0. The normalized spacial score (nSPS) is 16.6. The lowest BCUT2D eigenvalue weighted by Crippen LogP contribution is -2.24. The van der Waals surface area contributed by atoms with Crippen LogP contribution in [-0.4, -0.2) is 19.5 Å². The van der Waals surface area contributed by atoms with Crippen molar-refractivity contribution in [1.29, 1.82) is 0 Å². The monoisotopic (exact) mass is 294 g/mol. The molecule has 1 saturated carbocycles. The Balaban J connectivity index is 2.09. The van der Waals surface area contributed by atoms with Gasteiger partial charge in [0.15, 0.2) is 11.2 Å². The maximum atomic E-state index is 12.5. The number of hydrogen-bond acceptors (Lipinski definition) is 3. The summed E-state index contributed by atoms with van der Waals surface area (Å²) in [6.07, 6.45) is 4.72. The van der Waals surface area contributed by atoms with Crippen LogP contribution >= 0.6 is 11.6 Å². The molecule has 1 aliphatic rings. The quantitative estimate of drug-likeness (QED) is 0.885. The van der Waals surface area contributed by atoms with Crippen LogP contribution in [0.25, 0.3) is 11.2 Å². The first-order valence-corrected chi connectivity index (χ1v) is 7.60. The molecule has 6 heteroatoms. The van der Waals surface area contributed by atoms with Gasteiger partial charge in [0, 0.05) is 12.5 Å².